The number of thiophene rings is 1. The van der Waals surface area contributed by atoms with E-state index in [1.807, 2.05) is 6.92 Å². The highest BCUT2D eigenvalue weighted by Gasteiger charge is 2.32. The topological polar surface area (TPSA) is 128 Å². The number of likely N-dealkylation sites (N-methyl/N-ethyl adjacent to an activating group) is 1. The number of hydrogen-bond acceptors (Lipinski definition) is 7. The molecule has 220 valence electrons. The summed E-state index contributed by atoms with van der Waals surface area (Å²) in [6.07, 6.45) is -0.639. The maximum Gasteiger partial charge on any atom is 0.321 e. The molecule has 0 radical (unpaired) electrons. The average molecular weight is 605 g/mol. The summed E-state index contributed by atoms with van der Waals surface area (Å²) in [5, 5.41) is 14.2. The Hall–Kier alpha value is -3.68. The van der Waals surface area contributed by atoms with E-state index in [2.05, 4.69) is 10.0 Å². The first kappa shape index (κ1) is 30.3. The SMILES string of the molecule is C[C@H](CO)N1C[C@H](C)[C@H](CN(C)C(=O)Nc2ccc(F)cc2)Oc2ccc(NS(=O)(=O)c3cccs3)cc2CC1=O. The van der Waals surface area contributed by atoms with Gasteiger partial charge in [0, 0.05) is 36.4 Å². The lowest BCUT2D eigenvalue weighted by atomic mass is 10.0. The quantitative estimate of drug-likeness (QED) is 0.357. The number of aliphatic hydroxyl groups excluding tert-OH is 1. The Labute approximate surface area is 242 Å². The third kappa shape index (κ3) is 7.54. The molecular formula is C28H33FN4O6S2. The van der Waals surface area contributed by atoms with Crippen LogP contribution in [-0.4, -0.2) is 74.2 Å². The third-order valence-electron chi connectivity index (χ3n) is 6.82. The van der Waals surface area contributed by atoms with Gasteiger partial charge in [0.1, 0.15) is 21.9 Å². The second-order valence-corrected chi connectivity index (χ2v) is 12.9. The summed E-state index contributed by atoms with van der Waals surface area (Å²) >= 11 is 1.09. The number of amides is 3. The van der Waals surface area contributed by atoms with Crippen molar-refractivity contribution in [1.82, 2.24) is 9.80 Å². The van der Waals surface area contributed by atoms with E-state index in [0.29, 0.717) is 17.0 Å². The fourth-order valence-corrected chi connectivity index (χ4v) is 6.48. The van der Waals surface area contributed by atoms with Crippen molar-refractivity contribution in [1.29, 1.82) is 0 Å². The number of ether oxygens (including phenoxy) is 1. The van der Waals surface area contributed by atoms with E-state index in [9.17, 15) is 27.5 Å². The number of urea groups is 1. The largest absolute Gasteiger partial charge is 0.488 e. The van der Waals surface area contributed by atoms with Crippen LogP contribution in [0.15, 0.2) is 64.2 Å². The maximum absolute atomic E-state index is 13.4. The molecule has 13 heteroatoms. The lowest BCUT2D eigenvalue weighted by Gasteiger charge is -2.34. The Morgan fingerprint density at radius 3 is 2.59 bits per heavy atom. The number of nitrogens with one attached hydrogen (secondary N) is 2. The Kier molecular flexibility index (Phi) is 9.51. The number of rotatable bonds is 8. The standard InChI is InChI=1S/C28H33FN4O6S2/c1-18-15-33(19(2)17-34)26(35)14-20-13-23(31-41(37,38)27-5-4-12-40-27)10-11-24(20)39-25(18)16-32(3)28(36)30-22-8-6-21(29)7-9-22/h4-13,18-19,25,31,34H,14-17H2,1-3H3,(H,30,36)/t18-,19+,25-/m0/s1. The van der Waals surface area contributed by atoms with Crippen molar-refractivity contribution in [3.63, 3.8) is 0 Å². The number of carbonyl (C=O) groups excluding carboxylic acids is 2. The van der Waals surface area contributed by atoms with Gasteiger partial charge in [-0.2, -0.15) is 0 Å². The number of aliphatic hydroxyl groups is 1. The molecule has 0 bridgehead atoms. The van der Waals surface area contributed by atoms with E-state index < -0.39 is 34.0 Å². The van der Waals surface area contributed by atoms with Gasteiger partial charge in [0.2, 0.25) is 5.91 Å². The molecule has 2 aromatic carbocycles. The summed E-state index contributed by atoms with van der Waals surface area (Å²) in [4.78, 5) is 29.3. The van der Waals surface area contributed by atoms with E-state index in [0.717, 1.165) is 11.3 Å². The van der Waals surface area contributed by atoms with Gasteiger partial charge in [-0.1, -0.05) is 13.0 Å². The van der Waals surface area contributed by atoms with E-state index in [-0.39, 0.29) is 47.8 Å². The van der Waals surface area contributed by atoms with Crippen LogP contribution in [0.25, 0.3) is 0 Å². The zero-order valence-electron chi connectivity index (χ0n) is 22.9. The number of sulfonamides is 1. The van der Waals surface area contributed by atoms with Crippen molar-refractivity contribution in [2.24, 2.45) is 5.92 Å². The first-order chi connectivity index (χ1) is 19.5. The molecule has 4 rings (SSSR count). The normalized spacial score (nSPS) is 18.3. The average Bonchev–Trinajstić information content (AvgIpc) is 3.50. The van der Waals surface area contributed by atoms with Gasteiger partial charge in [-0.3, -0.25) is 9.52 Å². The zero-order valence-corrected chi connectivity index (χ0v) is 24.5. The number of fused-ring (bicyclic) bond motifs is 1. The Morgan fingerprint density at radius 1 is 1.22 bits per heavy atom. The first-order valence-corrected chi connectivity index (χ1v) is 15.4. The predicted molar refractivity (Wildman–Crippen MR) is 155 cm³/mol. The Bertz CT molecular complexity index is 1470. The lowest BCUT2D eigenvalue weighted by molar-refractivity contribution is -0.134. The molecular weight excluding hydrogens is 571 g/mol. The molecule has 0 saturated heterocycles. The van der Waals surface area contributed by atoms with Gasteiger partial charge in [0.25, 0.3) is 10.0 Å². The number of nitrogens with zero attached hydrogens (tertiary/aromatic N) is 2. The molecule has 10 nitrogen and oxygen atoms in total. The molecule has 41 heavy (non-hydrogen) atoms. The molecule has 1 aliphatic rings. The van der Waals surface area contributed by atoms with Crippen LogP contribution < -0.4 is 14.8 Å². The second kappa shape index (κ2) is 12.9. The second-order valence-electron chi connectivity index (χ2n) is 10.1. The number of benzene rings is 2. The van der Waals surface area contributed by atoms with Crippen LogP contribution in [0, 0.1) is 11.7 Å². The minimum Gasteiger partial charge on any atom is -0.488 e. The number of carbonyl (C=O) groups is 2. The summed E-state index contributed by atoms with van der Waals surface area (Å²) in [5.74, 6) is -0.525. The molecule has 3 N–H and O–H groups in total. The maximum atomic E-state index is 13.4. The van der Waals surface area contributed by atoms with E-state index in [4.69, 9.17) is 4.74 Å². The monoisotopic (exact) mass is 604 g/mol. The molecule has 3 aromatic rings. The first-order valence-electron chi connectivity index (χ1n) is 13.0. The van der Waals surface area contributed by atoms with Crippen molar-refractivity contribution in [2.75, 3.05) is 36.8 Å². The molecule has 0 aliphatic carbocycles. The molecule has 1 aliphatic heterocycles. The summed E-state index contributed by atoms with van der Waals surface area (Å²) in [5.41, 5.74) is 1.17. The molecule has 3 atom stereocenters. The molecule has 0 saturated carbocycles. The molecule has 0 fully saturated rings. The summed E-state index contributed by atoms with van der Waals surface area (Å²) in [7, 11) is -2.21. The van der Waals surface area contributed by atoms with Gasteiger partial charge in [-0.15, -0.1) is 11.3 Å². The van der Waals surface area contributed by atoms with Gasteiger partial charge in [-0.25, -0.2) is 17.6 Å². The molecule has 3 amide bonds. The van der Waals surface area contributed by atoms with Crippen molar-refractivity contribution >= 4 is 44.7 Å². The number of anilines is 2. The highest BCUT2D eigenvalue weighted by atomic mass is 32.2. The minimum atomic E-state index is -3.81. The zero-order chi connectivity index (χ0) is 29.7. The minimum absolute atomic E-state index is 0.0748. The van der Waals surface area contributed by atoms with Crippen molar-refractivity contribution in [2.45, 2.75) is 36.6 Å². The van der Waals surface area contributed by atoms with Crippen LogP contribution in [0.2, 0.25) is 0 Å². The fourth-order valence-electron chi connectivity index (χ4n) is 4.44. The van der Waals surface area contributed by atoms with Crippen molar-refractivity contribution < 1.29 is 32.2 Å². The molecule has 2 heterocycles. The van der Waals surface area contributed by atoms with Gasteiger partial charge >= 0.3 is 6.03 Å². The van der Waals surface area contributed by atoms with Crippen molar-refractivity contribution in [3.05, 3.63) is 71.4 Å². The van der Waals surface area contributed by atoms with Gasteiger partial charge in [0.15, 0.2) is 0 Å². The van der Waals surface area contributed by atoms with Crippen LogP contribution in [0.4, 0.5) is 20.6 Å². The highest BCUT2D eigenvalue weighted by Crippen LogP contribution is 2.30. The molecule has 0 unspecified atom stereocenters. The fraction of sp³-hybridized carbons (Fsp3) is 0.357. The predicted octanol–water partition coefficient (Wildman–Crippen LogP) is 4.00. The smallest absolute Gasteiger partial charge is 0.321 e. The van der Waals surface area contributed by atoms with Gasteiger partial charge in [-0.05, 0) is 60.8 Å². The Balaban J connectivity index is 1.60. The van der Waals surface area contributed by atoms with Crippen LogP contribution >= 0.6 is 11.3 Å². The lowest BCUT2D eigenvalue weighted by Crippen LogP contribution is -2.48. The Morgan fingerprint density at radius 2 is 1.93 bits per heavy atom. The van der Waals surface area contributed by atoms with Crippen molar-refractivity contribution in [3.8, 4) is 5.75 Å². The molecule has 0 spiro atoms. The van der Waals surface area contributed by atoms with Gasteiger partial charge in [0.05, 0.1) is 25.6 Å². The number of hydrogen-bond donors (Lipinski definition) is 3. The highest BCUT2D eigenvalue weighted by molar-refractivity contribution is 7.94. The van der Waals surface area contributed by atoms with Crippen LogP contribution in [0.3, 0.4) is 0 Å². The van der Waals surface area contributed by atoms with Gasteiger partial charge < -0.3 is 25.0 Å². The van der Waals surface area contributed by atoms with Crippen LogP contribution in [0.1, 0.15) is 19.4 Å². The third-order valence-corrected chi connectivity index (χ3v) is 9.60. The van der Waals surface area contributed by atoms with Crippen LogP contribution in [0.5, 0.6) is 5.75 Å². The van der Waals surface area contributed by atoms with E-state index in [1.165, 1.54) is 35.2 Å². The van der Waals surface area contributed by atoms with Crippen LogP contribution in [-0.2, 0) is 21.2 Å². The van der Waals surface area contributed by atoms with E-state index >= 15 is 0 Å². The summed E-state index contributed by atoms with van der Waals surface area (Å²) in [6, 6.07) is 12.4. The summed E-state index contributed by atoms with van der Waals surface area (Å²) in [6.45, 7) is 3.82. The number of halogens is 1. The summed E-state index contributed by atoms with van der Waals surface area (Å²) < 4.78 is 47.9. The van der Waals surface area contributed by atoms with E-state index in [1.54, 1.807) is 48.5 Å². The molecule has 1 aromatic heterocycles.